The normalized spacial score (nSPS) is 10.7. The van der Waals surface area contributed by atoms with Gasteiger partial charge in [-0.3, -0.25) is 0 Å². The number of carbonyl (C=O) groups excluding carboxylic acids is 1. The van der Waals surface area contributed by atoms with Gasteiger partial charge in [-0.05, 0) is 42.0 Å². The number of halogens is 2. The number of nitrogens with one attached hydrogen (secondary N) is 3. The third kappa shape index (κ3) is 5.61. The van der Waals surface area contributed by atoms with Gasteiger partial charge in [0.2, 0.25) is 0 Å². The number of rotatable bonds is 6. The molecule has 0 aliphatic carbocycles. The Morgan fingerprint density at radius 2 is 1.97 bits per heavy atom. The van der Waals surface area contributed by atoms with Crippen molar-refractivity contribution in [1.82, 2.24) is 15.4 Å². The molecule has 9 nitrogen and oxygen atoms in total. The molecule has 0 bridgehead atoms. The molecule has 11 heteroatoms. The molecule has 0 radical (unpaired) electrons. The summed E-state index contributed by atoms with van der Waals surface area (Å²) in [6, 6.07) is 15.6. The van der Waals surface area contributed by atoms with E-state index < -0.39 is 11.8 Å². The first-order chi connectivity index (χ1) is 17.0. The van der Waals surface area contributed by atoms with Crippen molar-refractivity contribution in [3.05, 3.63) is 82.9 Å². The summed E-state index contributed by atoms with van der Waals surface area (Å²) in [5.41, 5.74) is 5.04. The lowest BCUT2D eigenvalue weighted by atomic mass is 10.2. The summed E-state index contributed by atoms with van der Waals surface area (Å²) < 4.78 is 18.9. The molecule has 0 atom stereocenters. The Kier molecular flexibility index (Phi) is 6.99. The molecule has 1 heterocycles. The Labute approximate surface area is 204 Å². The van der Waals surface area contributed by atoms with Gasteiger partial charge in [-0.2, -0.15) is 10.4 Å². The fourth-order valence-corrected chi connectivity index (χ4v) is 3.30. The van der Waals surface area contributed by atoms with Crippen LogP contribution in [0.4, 0.5) is 26.4 Å². The molecule has 4 rings (SSSR count). The number of nitriles is 1. The van der Waals surface area contributed by atoms with Gasteiger partial charge < -0.3 is 15.4 Å². The summed E-state index contributed by atoms with van der Waals surface area (Å²) in [5.74, 6) is 0.259. The summed E-state index contributed by atoms with van der Waals surface area (Å²) >= 11 is 5.87. The van der Waals surface area contributed by atoms with Crippen LogP contribution in [0.25, 0.3) is 10.9 Å². The van der Waals surface area contributed by atoms with E-state index in [0.717, 1.165) is 0 Å². The van der Waals surface area contributed by atoms with E-state index in [1.165, 1.54) is 37.9 Å². The first-order valence-corrected chi connectivity index (χ1v) is 10.5. The van der Waals surface area contributed by atoms with Gasteiger partial charge in [0.05, 0.1) is 41.2 Å². The van der Waals surface area contributed by atoms with Gasteiger partial charge >= 0.3 is 6.03 Å². The van der Waals surface area contributed by atoms with Crippen LogP contribution < -0.4 is 20.8 Å². The van der Waals surface area contributed by atoms with Gasteiger partial charge in [-0.1, -0.05) is 23.7 Å². The second kappa shape index (κ2) is 10.5. The van der Waals surface area contributed by atoms with E-state index in [9.17, 15) is 9.18 Å². The van der Waals surface area contributed by atoms with Crippen molar-refractivity contribution < 1.29 is 13.9 Å². The maximum atomic E-state index is 13.5. The number of amides is 2. The lowest BCUT2D eigenvalue weighted by molar-refractivity contribution is 0.252. The number of aromatic nitrogens is 2. The second-order valence-electron chi connectivity index (χ2n) is 7.10. The van der Waals surface area contributed by atoms with Gasteiger partial charge in [0.1, 0.15) is 23.7 Å². The first kappa shape index (κ1) is 23.4. The molecular weight excluding hydrogens is 473 g/mol. The predicted octanol–water partition coefficient (Wildman–Crippen LogP) is 5.20. The molecule has 174 valence electrons. The molecule has 2 amide bonds. The molecule has 0 spiro atoms. The molecule has 0 saturated carbocycles. The van der Waals surface area contributed by atoms with Gasteiger partial charge in [0.15, 0.2) is 0 Å². The number of anilines is 3. The third-order valence-corrected chi connectivity index (χ3v) is 5.10. The van der Waals surface area contributed by atoms with Crippen molar-refractivity contribution in [2.45, 2.75) is 0 Å². The Balaban J connectivity index is 1.54. The maximum absolute atomic E-state index is 13.5. The van der Waals surface area contributed by atoms with Gasteiger partial charge in [-0.25, -0.2) is 24.6 Å². The van der Waals surface area contributed by atoms with Crippen molar-refractivity contribution in [2.75, 3.05) is 17.7 Å². The number of benzene rings is 3. The molecule has 3 N–H and O–H groups in total. The second-order valence-corrected chi connectivity index (χ2v) is 7.51. The zero-order chi connectivity index (χ0) is 24.8. The molecule has 3 aromatic carbocycles. The first-order valence-electron chi connectivity index (χ1n) is 10.1. The summed E-state index contributed by atoms with van der Waals surface area (Å²) in [5, 5.41) is 19.1. The average molecular weight is 490 g/mol. The van der Waals surface area contributed by atoms with E-state index in [4.69, 9.17) is 21.6 Å². The Bertz CT molecular complexity index is 1470. The fraction of sp³-hybridized carbons (Fsp3) is 0.0417. The van der Waals surface area contributed by atoms with E-state index in [1.54, 1.807) is 36.4 Å². The molecule has 0 aliphatic rings. The Morgan fingerprint density at radius 3 is 2.69 bits per heavy atom. The highest BCUT2D eigenvalue weighted by Crippen LogP contribution is 2.33. The predicted molar refractivity (Wildman–Crippen MR) is 132 cm³/mol. The Hall–Kier alpha value is -4.75. The Morgan fingerprint density at radius 1 is 1.17 bits per heavy atom. The summed E-state index contributed by atoms with van der Waals surface area (Å²) in [6.07, 6.45) is 2.81. The number of carbonyl (C=O) groups is 1. The van der Waals surface area contributed by atoms with Crippen molar-refractivity contribution in [1.29, 1.82) is 5.26 Å². The van der Waals surface area contributed by atoms with E-state index in [0.29, 0.717) is 45.0 Å². The van der Waals surface area contributed by atoms with Crippen LogP contribution in [0.15, 0.2) is 66.0 Å². The minimum Gasteiger partial charge on any atom is -0.494 e. The quantitative estimate of drug-likeness (QED) is 0.252. The number of ether oxygens (including phenoxy) is 1. The monoisotopic (exact) mass is 489 g/mol. The number of hydrazone groups is 1. The molecule has 0 saturated heterocycles. The third-order valence-electron chi connectivity index (χ3n) is 4.81. The molecule has 1 aromatic heterocycles. The highest BCUT2D eigenvalue weighted by molar-refractivity contribution is 6.31. The highest BCUT2D eigenvalue weighted by atomic mass is 35.5. The zero-order valence-electron chi connectivity index (χ0n) is 18.2. The topological polar surface area (TPSA) is 124 Å². The molecule has 0 aliphatic heterocycles. The lowest BCUT2D eigenvalue weighted by Gasteiger charge is -2.13. The number of methoxy groups -OCH3 is 1. The fourth-order valence-electron chi connectivity index (χ4n) is 3.12. The standard InChI is InChI=1S/C24H17ClFN7O2/c1-35-22-10-20-17(23(29-13-28-20)31-16-6-7-19(26)18(25)8-16)9-21(22)32-24(34)33-30-12-15-4-2-14(11-27)3-5-15/h2-10,12-13H,1H3,(H,28,29,31)(H2,32,33,34)/b30-12+. The van der Waals surface area contributed by atoms with E-state index in [-0.39, 0.29) is 5.02 Å². The average Bonchev–Trinajstić information content (AvgIpc) is 2.86. The summed E-state index contributed by atoms with van der Waals surface area (Å²) in [4.78, 5) is 20.9. The minimum atomic E-state index is -0.607. The molecule has 0 fully saturated rings. The van der Waals surface area contributed by atoms with Crippen molar-refractivity contribution in [3.8, 4) is 11.8 Å². The van der Waals surface area contributed by atoms with E-state index in [1.807, 2.05) is 6.07 Å². The molecule has 0 unspecified atom stereocenters. The number of nitrogens with zero attached hydrogens (tertiary/aromatic N) is 4. The highest BCUT2D eigenvalue weighted by Gasteiger charge is 2.13. The van der Waals surface area contributed by atoms with Crippen LogP contribution in [0, 0.1) is 17.1 Å². The molecular formula is C24H17ClFN7O2. The van der Waals surface area contributed by atoms with Crippen molar-refractivity contribution >= 4 is 51.9 Å². The van der Waals surface area contributed by atoms with Crippen LogP contribution in [0.1, 0.15) is 11.1 Å². The number of hydrogen-bond acceptors (Lipinski definition) is 7. The molecule has 4 aromatic rings. The van der Waals surface area contributed by atoms with E-state index >= 15 is 0 Å². The smallest absolute Gasteiger partial charge is 0.339 e. The van der Waals surface area contributed by atoms with Gasteiger partial charge in [0.25, 0.3) is 0 Å². The number of hydrogen-bond donors (Lipinski definition) is 3. The lowest BCUT2D eigenvalue weighted by Crippen LogP contribution is -2.24. The van der Waals surface area contributed by atoms with Gasteiger partial charge in [-0.15, -0.1) is 0 Å². The van der Waals surface area contributed by atoms with E-state index in [2.05, 4.69) is 31.1 Å². The zero-order valence-corrected chi connectivity index (χ0v) is 19.0. The maximum Gasteiger partial charge on any atom is 0.339 e. The minimum absolute atomic E-state index is 0.0318. The van der Waals surface area contributed by atoms with Crippen LogP contribution >= 0.6 is 11.6 Å². The SMILES string of the molecule is COc1cc2ncnc(Nc3ccc(F)c(Cl)c3)c2cc1NC(=O)N/N=C/c1ccc(C#N)cc1. The van der Waals surface area contributed by atoms with Crippen molar-refractivity contribution in [2.24, 2.45) is 5.10 Å². The van der Waals surface area contributed by atoms with Crippen LogP contribution in [-0.2, 0) is 0 Å². The molecule has 35 heavy (non-hydrogen) atoms. The summed E-state index contributed by atoms with van der Waals surface area (Å²) in [6.45, 7) is 0. The van der Waals surface area contributed by atoms with Crippen LogP contribution in [0.5, 0.6) is 5.75 Å². The number of urea groups is 1. The number of fused-ring (bicyclic) bond motifs is 1. The van der Waals surface area contributed by atoms with Crippen LogP contribution in [-0.4, -0.2) is 29.3 Å². The van der Waals surface area contributed by atoms with Crippen LogP contribution in [0.2, 0.25) is 5.02 Å². The van der Waals surface area contributed by atoms with Gasteiger partial charge in [0, 0.05) is 17.1 Å². The summed E-state index contributed by atoms with van der Waals surface area (Å²) in [7, 11) is 1.47. The van der Waals surface area contributed by atoms with Crippen molar-refractivity contribution in [3.63, 3.8) is 0 Å². The van der Waals surface area contributed by atoms with Crippen LogP contribution in [0.3, 0.4) is 0 Å². The largest absolute Gasteiger partial charge is 0.494 e.